The van der Waals surface area contributed by atoms with Gasteiger partial charge >= 0.3 is 0 Å². The molecular weight excluding hydrogens is 314 g/mol. The molecule has 1 N–H and O–H groups in total. The molecule has 0 unspecified atom stereocenters. The van der Waals surface area contributed by atoms with Crippen molar-refractivity contribution in [3.63, 3.8) is 0 Å². The Morgan fingerprint density at radius 3 is 2.24 bits per heavy atom. The van der Waals surface area contributed by atoms with Crippen molar-refractivity contribution in [2.45, 2.75) is 27.2 Å². The molecule has 0 saturated carbocycles. The number of aromatic nitrogens is 1. The molecule has 25 heavy (non-hydrogen) atoms. The molecule has 1 fully saturated rings. The molecule has 1 saturated heterocycles. The number of piperazine rings is 1. The zero-order valence-corrected chi connectivity index (χ0v) is 15.1. The summed E-state index contributed by atoms with van der Waals surface area (Å²) in [5, 5.41) is 0. The molecule has 5 heteroatoms. The summed E-state index contributed by atoms with van der Waals surface area (Å²) >= 11 is 0. The Hall–Kier alpha value is -2.56. The molecule has 1 aliphatic heterocycles. The third kappa shape index (κ3) is 3.76. The van der Waals surface area contributed by atoms with Gasteiger partial charge in [0.25, 0.3) is 5.91 Å². The van der Waals surface area contributed by atoms with Crippen LogP contribution in [-0.2, 0) is 11.2 Å². The first-order valence-electron chi connectivity index (χ1n) is 8.73. The summed E-state index contributed by atoms with van der Waals surface area (Å²) < 4.78 is 0. The molecule has 3 rings (SSSR count). The number of H-pyrrole nitrogens is 1. The molecule has 132 valence electrons. The first-order valence-corrected chi connectivity index (χ1v) is 8.73. The van der Waals surface area contributed by atoms with E-state index in [2.05, 4.69) is 18.0 Å². The molecule has 0 spiro atoms. The van der Waals surface area contributed by atoms with Crippen molar-refractivity contribution < 1.29 is 9.59 Å². The molecule has 0 aliphatic carbocycles. The van der Waals surface area contributed by atoms with E-state index < -0.39 is 0 Å². The number of rotatable bonds is 3. The van der Waals surface area contributed by atoms with Crippen LogP contribution in [0, 0.1) is 20.8 Å². The minimum Gasteiger partial charge on any atom is -0.365 e. The number of nitrogens with one attached hydrogen (secondary N) is 1. The van der Waals surface area contributed by atoms with Gasteiger partial charge in [-0.3, -0.25) is 9.59 Å². The lowest BCUT2D eigenvalue weighted by molar-refractivity contribution is -0.132. The Kier molecular flexibility index (Phi) is 4.93. The number of hydrogen-bond donors (Lipinski definition) is 1. The number of benzene rings is 1. The molecule has 1 aliphatic rings. The van der Waals surface area contributed by atoms with E-state index in [0.29, 0.717) is 32.6 Å². The summed E-state index contributed by atoms with van der Waals surface area (Å²) in [5.74, 6) is 0.175. The van der Waals surface area contributed by atoms with Gasteiger partial charge in [0.05, 0.1) is 6.42 Å². The Bertz CT molecular complexity index is 772. The van der Waals surface area contributed by atoms with Gasteiger partial charge in [0.15, 0.2) is 0 Å². The second kappa shape index (κ2) is 7.13. The van der Waals surface area contributed by atoms with Gasteiger partial charge in [-0.1, -0.05) is 6.07 Å². The first-order chi connectivity index (χ1) is 12.0. The number of aromatic amines is 1. The SMILES string of the molecule is Cc1cc(C)c(C(=O)N2CCN(C(=O)Cc3ccc[nH]3)CC2)cc1C. The van der Waals surface area contributed by atoms with Gasteiger partial charge in [-0.2, -0.15) is 0 Å². The number of carbonyl (C=O) groups excluding carboxylic acids is 2. The van der Waals surface area contributed by atoms with Crippen molar-refractivity contribution in [2.75, 3.05) is 26.2 Å². The van der Waals surface area contributed by atoms with Crippen LogP contribution in [0.2, 0.25) is 0 Å². The number of nitrogens with zero attached hydrogens (tertiary/aromatic N) is 2. The maximum absolute atomic E-state index is 12.8. The van der Waals surface area contributed by atoms with E-state index in [9.17, 15) is 9.59 Å². The highest BCUT2D eigenvalue weighted by Gasteiger charge is 2.25. The second-order valence-corrected chi connectivity index (χ2v) is 6.80. The minimum absolute atomic E-state index is 0.0667. The average Bonchev–Trinajstić information content (AvgIpc) is 3.10. The van der Waals surface area contributed by atoms with Crippen LogP contribution in [0.15, 0.2) is 30.5 Å². The highest BCUT2D eigenvalue weighted by atomic mass is 16.2. The smallest absolute Gasteiger partial charge is 0.254 e. The standard InChI is InChI=1S/C20H25N3O2/c1-14-11-16(3)18(12-15(14)2)20(25)23-9-7-22(8-10-23)19(24)13-17-5-4-6-21-17/h4-6,11-12,21H,7-10,13H2,1-3H3. The third-order valence-electron chi connectivity index (χ3n) is 4.99. The van der Waals surface area contributed by atoms with E-state index >= 15 is 0 Å². The molecular formula is C20H25N3O2. The summed E-state index contributed by atoms with van der Waals surface area (Å²) in [6, 6.07) is 7.86. The molecule has 5 nitrogen and oxygen atoms in total. The number of aryl methyl sites for hydroxylation is 3. The second-order valence-electron chi connectivity index (χ2n) is 6.80. The lowest BCUT2D eigenvalue weighted by atomic mass is 10.00. The van der Waals surface area contributed by atoms with Crippen LogP contribution in [0.1, 0.15) is 32.7 Å². The molecule has 2 amide bonds. The summed E-state index contributed by atoms with van der Waals surface area (Å²) in [5.41, 5.74) is 5.05. The zero-order chi connectivity index (χ0) is 18.0. The highest BCUT2D eigenvalue weighted by molar-refractivity contribution is 5.96. The Morgan fingerprint density at radius 1 is 0.960 bits per heavy atom. The Morgan fingerprint density at radius 2 is 1.60 bits per heavy atom. The van der Waals surface area contributed by atoms with E-state index in [4.69, 9.17) is 0 Å². The van der Waals surface area contributed by atoms with Crippen LogP contribution < -0.4 is 0 Å². The van der Waals surface area contributed by atoms with Crippen molar-refractivity contribution in [2.24, 2.45) is 0 Å². The predicted molar refractivity (Wildman–Crippen MR) is 97.6 cm³/mol. The maximum Gasteiger partial charge on any atom is 0.254 e. The third-order valence-corrected chi connectivity index (χ3v) is 4.99. The Labute approximate surface area is 148 Å². The number of hydrogen-bond acceptors (Lipinski definition) is 2. The predicted octanol–water partition coefficient (Wildman–Crippen LogP) is 2.47. The molecule has 0 bridgehead atoms. The van der Waals surface area contributed by atoms with Gasteiger partial charge < -0.3 is 14.8 Å². The molecule has 2 heterocycles. The van der Waals surface area contributed by atoms with Crippen LogP contribution in [-0.4, -0.2) is 52.8 Å². The summed E-state index contributed by atoms with van der Waals surface area (Å²) in [4.78, 5) is 31.9. The zero-order valence-electron chi connectivity index (χ0n) is 15.1. The molecule has 2 aromatic rings. The fraction of sp³-hybridized carbons (Fsp3) is 0.400. The van der Waals surface area contributed by atoms with Crippen molar-refractivity contribution in [1.29, 1.82) is 0 Å². The van der Waals surface area contributed by atoms with Gasteiger partial charge in [-0.05, 0) is 55.7 Å². The summed E-state index contributed by atoms with van der Waals surface area (Å²) in [7, 11) is 0. The van der Waals surface area contributed by atoms with Gasteiger partial charge in [-0.25, -0.2) is 0 Å². The van der Waals surface area contributed by atoms with Crippen molar-refractivity contribution >= 4 is 11.8 Å². The lowest BCUT2D eigenvalue weighted by Gasteiger charge is -2.35. The van der Waals surface area contributed by atoms with Crippen LogP contribution in [0.3, 0.4) is 0 Å². The normalized spacial score (nSPS) is 14.7. The first kappa shape index (κ1) is 17.3. The van der Waals surface area contributed by atoms with Crippen LogP contribution in [0.4, 0.5) is 0 Å². The van der Waals surface area contributed by atoms with Gasteiger partial charge in [-0.15, -0.1) is 0 Å². The number of amides is 2. The highest BCUT2D eigenvalue weighted by Crippen LogP contribution is 2.18. The van der Waals surface area contributed by atoms with E-state index in [-0.39, 0.29) is 11.8 Å². The summed E-state index contributed by atoms with van der Waals surface area (Å²) in [6.07, 6.45) is 2.21. The molecule has 1 aromatic carbocycles. The van der Waals surface area contributed by atoms with Gasteiger partial charge in [0.1, 0.15) is 0 Å². The molecule has 0 radical (unpaired) electrons. The Balaban J connectivity index is 1.61. The van der Waals surface area contributed by atoms with Gasteiger partial charge in [0, 0.05) is 43.6 Å². The molecule has 1 aromatic heterocycles. The van der Waals surface area contributed by atoms with E-state index in [1.807, 2.05) is 48.0 Å². The van der Waals surface area contributed by atoms with Crippen molar-refractivity contribution in [3.8, 4) is 0 Å². The lowest BCUT2D eigenvalue weighted by Crippen LogP contribution is -2.51. The fourth-order valence-electron chi connectivity index (χ4n) is 3.27. The molecule has 0 atom stereocenters. The van der Waals surface area contributed by atoms with E-state index in [1.54, 1.807) is 0 Å². The largest absolute Gasteiger partial charge is 0.365 e. The van der Waals surface area contributed by atoms with Crippen molar-refractivity contribution in [3.05, 3.63) is 58.4 Å². The van der Waals surface area contributed by atoms with E-state index in [1.165, 1.54) is 5.56 Å². The minimum atomic E-state index is 0.0667. The summed E-state index contributed by atoms with van der Waals surface area (Å²) in [6.45, 7) is 8.43. The van der Waals surface area contributed by atoms with Crippen LogP contribution in [0.25, 0.3) is 0 Å². The van der Waals surface area contributed by atoms with Crippen LogP contribution >= 0.6 is 0 Å². The van der Waals surface area contributed by atoms with Crippen LogP contribution in [0.5, 0.6) is 0 Å². The fourth-order valence-corrected chi connectivity index (χ4v) is 3.27. The average molecular weight is 339 g/mol. The quantitative estimate of drug-likeness (QED) is 0.934. The topological polar surface area (TPSA) is 56.4 Å². The van der Waals surface area contributed by atoms with Gasteiger partial charge in [0.2, 0.25) is 5.91 Å². The van der Waals surface area contributed by atoms with E-state index in [0.717, 1.165) is 22.4 Å². The monoisotopic (exact) mass is 339 g/mol. The number of carbonyl (C=O) groups is 2. The van der Waals surface area contributed by atoms with Crippen molar-refractivity contribution in [1.82, 2.24) is 14.8 Å². The maximum atomic E-state index is 12.8.